The molecule has 1 saturated heterocycles. The summed E-state index contributed by atoms with van der Waals surface area (Å²) in [5.41, 5.74) is 5.02. The summed E-state index contributed by atoms with van der Waals surface area (Å²) in [5, 5.41) is 0.563. The number of likely N-dealkylation sites (N-methyl/N-ethyl adjacent to an activating group) is 1. The number of piperazine rings is 1. The predicted molar refractivity (Wildman–Crippen MR) is 146 cm³/mol. The minimum absolute atomic E-state index is 0.0625. The van der Waals surface area contributed by atoms with Gasteiger partial charge in [0.25, 0.3) is 0 Å². The van der Waals surface area contributed by atoms with E-state index in [1.54, 1.807) is 9.80 Å². The van der Waals surface area contributed by atoms with Gasteiger partial charge in [-0.2, -0.15) is 0 Å². The number of urea groups is 1. The highest BCUT2D eigenvalue weighted by molar-refractivity contribution is 6.34. The molecular weight excluding hydrogens is 472 g/mol. The Morgan fingerprint density at radius 2 is 1.75 bits per heavy atom. The molecule has 2 amide bonds. The molecule has 0 atom stereocenters. The number of aryl methyl sites for hydroxylation is 1. The molecule has 0 aliphatic carbocycles. The van der Waals surface area contributed by atoms with Crippen molar-refractivity contribution in [2.75, 3.05) is 47.9 Å². The lowest BCUT2D eigenvalue weighted by Crippen LogP contribution is -2.51. The topological polar surface area (TPSA) is 55.8 Å². The molecule has 188 valence electrons. The molecule has 3 heterocycles. The average molecular weight is 505 g/mol. The van der Waals surface area contributed by atoms with Gasteiger partial charge in [-0.15, -0.1) is 0 Å². The third-order valence-electron chi connectivity index (χ3n) is 7.03. The number of benzene rings is 2. The Morgan fingerprint density at radius 1 is 1.03 bits per heavy atom. The molecule has 0 bridgehead atoms. The molecule has 0 unspecified atom stereocenters. The van der Waals surface area contributed by atoms with E-state index < -0.39 is 0 Å². The molecule has 0 radical (unpaired) electrons. The van der Waals surface area contributed by atoms with Crippen LogP contribution in [0.5, 0.6) is 0 Å². The number of rotatable bonds is 5. The number of aromatic nitrogens is 2. The van der Waals surface area contributed by atoms with Gasteiger partial charge in [-0.25, -0.2) is 14.8 Å². The Kier molecular flexibility index (Phi) is 6.86. The number of carbonyl (C=O) groups excluding carboxylic acids is 1. The molecule has 0 N–H and O–H groups in total. The van der Waals surface area contributed by atoms with Crippen LogP contribution in [0.3, 0.4) is 0 Å². The maximum absolute atomic E-state index is 13.6. The summed E-state index contributed by atoms with van der Waals surface area (Å²) in [6, 6.07) is 14.2. The summed E-state index contributed by atoms with van der Waals surface area (Å²) in [6.07, 6.45) is 2.47. The first-order chi connectivity index (χ1) is 17.3. The molecule has 8 heteroatoms. The smallest absolute Gasteiger partial charge is 0.330 e. The number of fused-ring (bicyclic) bond motifs is 1. The molecule has 36 heavy (non-hydrogen) atoms. The molecule has 1 fully saturated rings. The Labute approximate surface area is 218 Å². The van der Waals surface area contributed by atoms with Crippen molar-refractivity contribution in [1.29, 1.82) is 0 Å². The fourth-order valence-electron chi connectivity index (χ4n) is 4.97. The van der Waals surface area contributed by atoms with Gasteiger partial charge in [0.1, 0.15) is 11.6 Å². The predicted octanol–water partition coefficient (Wildman–Crippen LogP) is 5.14. The lowest BCUT2D eigenvalue weighted by molar-refractivity contribution is 0.248. The molecule has 2 aliphatic rings. The Bertz CT molecular complexity index is 1230. The SMILES string of the molecule is Cc1cccc(Cl)c1N1Cc2cnc(Cc3ccc(N4CCN(C)CC4)cc3)nc2N(C(C)C)C1=O. The van der Waals surface area contributed by atoms with Crippen LogP contribution in [0, 0.1) is 6.92 Å². The highest BCUT2D eigenvalue weighted by Crippen LogP contribution is 2.37. The summed E-state index contributed by atoms with van der Waals surface area (Å²) in [7, 11) is 2.17. The Morgan fingerprint density at radius 3 is 2.42 bits per heavy atom. The second-order valence-corrected chi connectivity index (χ2v) is 10.4. The average Bonchev–Trinajstić information content (AvgIpc) is 2.85. The largest absolute Gasteiger partial charge is 0.369 e. The number of anilines is 3. The number of carbonyl (C=O) groups is 1. The quantitative estimate of drug-likeness (QED) is 0.481. The lowest BCUT2D eigenvalue weighted by atomic mass is 10.1. The zero-order chi connectivity index (χ0) is 25.4. The van der Waals surface area contributed by atoms with E-state index in [1.165, 1.54) is 5.69 Å². The highest BCUT2D eigenvalue weighted by atomic mass is 35.5. The fraction of sp³-hybridized carbons (Fsp3) is 0.393. The van der Waals surface area contributed by atoms with E-state index in [-0.39, 0.29) is 12.1 Å². The Hall–Kier alpha value is -3.16. The molecule has 2 aliphatic heterocycles. The normalized spacial score (nSPS) is 16.6. The number of nitrogens with zero attached hydrogens (tertiary/aromatic N) is 6. The molecule has 2 aromatic carbocycles. The lowest BCUT2D eigenvalue weighted by Gasteiger charge is -2.39. The van der Waals surface area contributed by atoms with Crippen LogP contribution in [0.2, 0.25) is 5.02 Å². The van der Waals surface area contributed by atoms with Gasteiger partial charge in [-0.05, 0) is 57.1 Å². The second-order valence-electron chi connectivity index (χ2n) is 10.0. The maximum Gasteiger partial charge on any atom is 0.330 e. The standard InChI is InChI=1S/C28H33ClN6O/c1-19(2)35-27-22(18-34(28(35)36)26-20(3)6-5-7-24(26)29)17-30-25(31-27)16-21-8-10-23(11-9-21)33-14-12-32(4)13-15-33/h5-11,17,19H,12-16,18H2,1-4H3. The molecule has 3 aromatic rings. The van der Waals surface area contributed by atoms with Gasteiger partial charge in [0.05, 0.1) is 17.3 Å². The van der Waals surface area contributed by atoms with Crippen LogP contribution >= 0.6 is 11.6 Å². The van der Waals surface area contributed by atoms with Crippen molar-refractivity contribution in [2.24, 2.45) is 0 Å². The summed E-state index contributed by atoms with van der Waals surface area (Å²) in [5.74, 6) is 1.40. The van der Waals surface area contributed by atoms with Crippen molar-refractivity contribution in [3.05, 3.63) is 76.2 Å². The summed E-state index contributed by atoms with van der Waals surface area (Å²) in [6.45, 7) is 10.6. The first-order valence-corrected chi connectivity index (χ1v) is 12.9. The number of para-hydroxylation sites is 1. The summed E-state index contributed by atoms with van der Waals surface area (Å²) in [4.78, 5) is 31.5. The number of amides is 2. The van der Waals surface area contributed by atoms with Gasteiger partial charge in [0.2, 0.25) is 0 Å². The molecule has 0 saturated carbocycles. The summed E-state index contributed by atoms with van der Waals surface area (Å²) >= 11 is 6.52. The van der Waals surface area contributed by atoms with Gasteiger partial charge >= 0.3 is 6.03 Å². The monoisotopic (exact) mass is 504 g/mol. The molecule has 7 nitrogen and oxygen atoms in total. The fourth-order valence-corrected chi connectivity index (χ4v) is 5.30. The molecule has 0 spiro atoms. The Balaban J connectivity index is 1.39. The summed E-state index contributed by atoms with van der Waals surface area (Å²) < 4.78 is 0. The van der Waals surface area contributed by atoms with E-state index in [0.29, 0.717) is 29.6 Å². The number of halogens is 1. The minimum Gasteiger partial charge on any atom is -0.369 e. The number of hydrogen-bond donors (Lipinski definition) is 0. The van der Waals surface area contributed by atoms with Crippen molar-refractivity contribution in [2.45, 2.75) is 39.8 Å². The van der Waals surface area contributed by atoms with Gasteiger partial charge in [-0.1, -0.05) is 35.9 Å². The van der Waals surface area contributed by atoms with Crippen LogP contribution in [0.25, 0.3) is 0 Å². The first-order valence-electron chi connectivity index (χ1n) is 12.5. The zero-order valence-corrected chi connectivity index (χ0v) is 22.2. The number of hydrogen-bond acceptors (Lipinski definition) is 5. The van der Waals surface area contributed by atoms with Crippen molar-refractivity contribution in [3.63, 3.8) is 0 Å². The van der Waals surface area contributed by atoms with Crippen LogP contribution in [-0.4, -0.2) is 60.2 Å². The highest BCUT2D eigenvalue weighted by Gasteiger charge is 2.36. The zero-order valence-electron chi connectivity index (χ0n) is 21.4. The van der Waals surface area contributed by atoms with Crippen molar-refractivity contribution in [3.8, 4) is 0 Å². The van der Waals surface area contributed by atoms with Crippen molar-refractivity contribution in [1.82, 2.24) is 14.9 Å². The molecule has 5 rings (SSSR count). The third-order valence-corrected chi connectivity index (χ3v) is 7.33. The van der Waals surface area contributed by atoms with Crippen molar-refractivity contribution >= 4 is 34.8 Å². The van der Waals surface area contributed by atoms with E-state index in [0.717, 1.165) is 48.6 Å². The van der Waals surface area contributed by atoms with Crippen LogP contribution in [0.15, 0.2) is 48.7 Å². The van der Waals surface area contributed by atoms with E-state index in [1.807, 2.05) is 45.2 Å². The van der Waals surface area contributed by atoms with Crippen molar-refractivity contribution < 1.29 is 4.79 Å². The third kappa shape index (κ3) is 4.77. The van der Waals surface area contributed by atoms with Crippen LogP contribution < -0.4 is 14.7 Å². The minimum atomic E-state index is -0.116. The van der Waals surface area contributed by atoms with Gasteiger partial charge in [-0.3, -0.25) is 9.80 Å². The second kappa shape index (κ2) is 10.1. The van der Waals surface area contributed by atoms with Gasteiger partial charge < -0.3 is 9.80 Å². The maximum atomic E-state index is 13.6. The molecule has 1 aromatic heterocycles. The van der Waals surface area contributed by atoms with E-state index in [2.05, 4.69) is 46.1 Å². The van der Waals surface area contributed by atoms with E-state index >= 15 is 0 Å². The molecular formula is C28H33ClN6O. The van der Waals surface area contributed by atoms with E-state index in [4.69, 9.17) is 16.6 Å². The van der Waals surface area contributed by atoms with Crippen LogP contribution in [0.1, 0.15) is 36.4 Å². The van der Waals surface area contributed by atoms with Crippen LogP contribution in [0.4, 0.5) is 22.0 Å². The van der Waals surface area contributed by atoms with Gasteiger partial charge in [0.15, 0.2) is 0 Å². The van der Waals surface area contributed by atoms with Crippen LogP contribution in [-0.2, 0) is 13.0 Å². The van der Waals surface area contributed by atoms with E-state index in [9.17, 15) is 4.79 Å². The van der Waals surface area contributed by atoms with Gasteiger partial charge in [0, 0.05) is 56.1 Å². The first kappa shape index (κ1) is 24.5.